The Labute approximate surface area is 164 Å². The molecule has 0 aliphatic carbocycles. The van der Waals surface area contributed by atoms with Gasteiger partial charge in [-0.3, -0.25) is 9.88 Å². The van der Waals surface area contributed by atoms with Crippen molar-refractivity contribution in [2.75, 3.05) is 45.9 Å². The number of morpholine rings is 1. The van der Waals surface area contributed by atoms with E-state index in [1.807, 2.05) is 27.7 Å². The van der Waals surface area contributed by atoms with Crippen LogP contribution in [0.15, 0.2) is 37.1 Å². The lowest BCUT2D eigenvalue weighted by Crippen LogP contribution is -2.48. The van der Waals surface area contributed by atoms with Gasteiger partial charge in [-0.1, -0.05) is 6.07 Å². The number of ether oxygens (including phenoxy) is 1. The summed E-state index contributed by atoms with van der Waals surface area (Å²) in [6.07, 6.45) is 7.14. The monoisotopic (exact) mass is 385 g/mol. The average molecular weight is 385 g/mol. The third kappa shape index (κ3) is 4.48. The first-order valence-electron chi connectivity index (χ1n) is 9.91. The smallest absolute Gasteiger partial charge is 0.317 e. The number of nitrogens with zero attached hydrogens (tertiary/aromatic N) is 6. The molecular formula is C19H27N7O2. The second-order valence-corrected chi connectivity index (χ2v) is 7.23. The van der Waals surface area contributed by atoms with E-state index in [0.29, 0.717) is 25.8 Å². The van der Waals surface area contributed by atoms with Gasteiger partial charge in [-0.15, -0.1) is 10.2 Å². The van der Waals surface area contributed by atoms with Gasteiger partial charge in [0.15, 0.2) is 0 Å². The molecule has 2 aliphatic heterocycles. The number of rotatable bonds is 5. The highest BCUT2D eigenvalue weighted by Crippen LogP contribution is 2.22. The number of hydrogen-bond acceptors (Lipinski definition) is 6. The first kappa shape index (κ1) is 18.8. The number of aromatic nitrogens is 4. The summed E-state index contributed by atoms with van der Waals surface area (Å²) in [6.45, 7) is 5.15. The van der Waals surface area contributed by atoms with Crippen molar-refractivity contribution in [2.45, 2.75) is 24.9 Å². The number of nitrogens with one attached hydrogen (secondary N) is 1. The molecule has 28 heavy (non-hydrogen) atoms. The van der Waals surface area contributed by atoms with Crippen LogP contribution in [0.5, 0.6) is 0 Å². The van der Waals surface area contributed by atoms with Crippen LogP contribution in [0.2, 0.25) is 0 Å². The van der Waals surface area contributed by atoms with Crippen LogP contribution >= 0.6 is 0 Å². The molecule has 0 saturated carbocycles. The molecule has 2 aliphatic rings. The molecule has 0 spiro atoms. The summed E-state index contributed by atoms with van der Waals surface area (Å²) in [5, 5.41) is 10.9. The maximum atomic E-state index is 12.7. The predicted octanol–water partition coefficient (Wildman–Crippen LogP) is 1.09. The first-order chi connectivity index (χ1) is 13.8. The van der Waals surface area contributed by atoms with Crippen molar-refractivity contribution in [1.29, 1.82) is 0 Å². The summed E-state index contributed by atoms with van der Waals surface area (Å²) < 4.78 is 7.51. The van der Waals surface area contributed by atoms with Gasteiger partial charge >= 0.3 is 6.03 Å². The van der Waals surface area contributed by atoms with Crippen molar-refractivity contribution in [3.63, 3.8) is 0 Å². The number of carbonyl (C=O) groups is 1. The van der Waals surface area contributed by atoms with Gasteiger partial charge in [0.1, 0.15) is 12.7 Å². The van der Waals surface area contributed by atoms with Crippen molar-refractivity contribution in [3.05, 3.63) is 42.7 Å². The molecule has 4 rings (SSSR count). The largest absolute Gasteiger partial charge is 0.379 e. The van der Waals surface area contributed by atoms with Crippen LogP contribution < -0.4 is 5.32 Å². The maximum absolute atomic E-state index is 12.7. The molecule has 1 N–H and O–H groups in total. The maximum Gasteiger partial charge on any atom is 0.317 e. The molecule has 2 amide bonds. The Kier molecular flexibility index (Phi) is 6.13. The predicted molar refractivity (Wildman–Crippen MR) is 103 cm³/mol. The minimum atomic E-state index is -0.00334. The Hall–Kier alpha value is -2.52. The fraction of sp³-hybridized carbons (Fsp3) is 0.579. The van der Waals surface area contributed by atoms with Crippen LogP contribution in [0, 0.1) is 0 Å². The van der Waals surface area contributed by atoms with Crippen molar-refractivity contribution in [3.8, 4) is 0 Å². The highest BCUT2D eigenvalue weighted by atomic mass is 16.5. The number of piperidine rings is 1. The van der Waals surface area contributed by atoms with Gasteiger partial charge in [0.25, 0.3) is 0 Å². The summed E-state index contributed by atoms with van der Waals surface area (Å²) in [4.78, 5) is 21.5. The Morgan fingerprint density at radius 1 is 1.14 bits per heavy atom. The Bertz CT molecular complexity index is 726. The lowest BCUT2D eigenvalue weighted by Gasteiger charge is -2.36. The minimum Gasteiger partial charge on any atom is -0.379 e. The Morgan fingerprint density at radius 3 is 2.57 bits per heavy atom. The highest BCUT2D eigenvalue weighted by Gasteiger charge is 2.27. The van der Waals surface area contributed by atoms with E-state index in [-0.39, 0.29) is 12.1 Å². The second kappa shape index (κ2) is 9.11. The van der Waals surface area contributed by atoms with E-state index in [0.717, 1.165) is 44.7 Å². The molecule has 2 aromatic heterocycles. The van der Waals surface area contributed by atoms with Crippen molar-refractivity contribution in [2.24, 2.45) is 0 Å². The molecule has 0 radical (unpaired) electrons. The number of likely N-dealkylation sites (tertiary alicyclic amines) is 1. The lowest BCUT2D eigenvalue weighted by atomic mass is 10.1. The summed E-state index contributed by atoms with van der Waals surface area (Å²) in [5.74, 6) is 0. The zero-order valence-corrected chi connectivity index (χ0v) is 16.0. The van der Waals surface area contributed by atoms with Gasteiger partial charge in [-0.05, 0) is 25.0 Å². The molecule has 0 unspecified atom stereocenters. The molecule has 0 aromatic carbocycles. The van der Waals surface area contributed by atoms with Gasteiger partial charge in [-0.2, -0.15) is 0 Å². The van der Waals surface area contributed by atoms with Crippen LogP contribution in [-0.4, -0.2) is 81.5 Å². The second-order valence-electron chi connectivity index (χ2n) is 7.23. The lowest BCUT2D eigenvalue weighted by molar-refractivity contribution is 0.0155. The molecule has 2 aromatic rings. The molecule has 2 saturated heterocycles. The first-order valence-corrected chi connectivity index (χ1v) is 9.91. The standard InChI is InChI=1S/C19H27N7O2/c27-19(25-7-4-16(5-8-25)26-14-22-23-15-26)21-13-18(17-3-1-2-6-20-17)24-9-11-28-12-10-24/h1-3,6,14-16,18H,4-5,7-13H2,(H,21,27)/t18-/m1/s1. The quantitative estimate of drug-likeness (QED) is 0.829. The third-order valence-corrected chi connectivity index (χ3v) is 5.57. The summed E-state index contributed by atoms with van der Waals surface area (Å²) in [5.41, 5.74) is 0.982. The van der Waals surface area contributed by atoms with Crippen molar-refractivity contribution in [1.82, 2.24) is 34.9 Å². The van der Waals surface area contributed by atoms with Gasteiger partial charge in [0.2, 0.25) is 0 Å². The van der Waals surface area contributed by atoms with E-state index in [4.69, 9.17) is 4.74 Å². The number of urea groups is 1. The fourth-order valence-electron chi connectivity index (χ4n) is 3.94. The molecule has 150 valence electrons. The molecule has 1 atom stereocenters. The number of carbonyl (C=O) groups excluding carboxylic acids is 1. The number of pyridine rings is 1. The fourth-order valence-corrected chi connectivity index (χ4v) is 3.94. The molecule has 2 fully saturated rings. The summed E-state index contributed by atoms with van der Waals surface area (Å²) >= 11 is 0. The van der Waals surface area contributed by atoms with Crippen LogP contribution in [0.4, 0.5) is 4.79 Å². The Morgan fingerprint density at radius 2 is 1.89 bits per heavy atom. The zero-order valence-electron chi connectivity index (χ0n) is 16.0. The average Bonchev–Trinajstić information content (AvgIpc) is 3.30. The third-order valence-electron chi connectivity index (χ3n) is 5.57. The normalized spacial score (nSPS) is 20.1. The van der Waals surface area contributed by atoms with E-state index in [9.17, 15) is 4.79 Å². The zero-order chi connectivity index (χ0) is 19.2. The Balaban J connectivity index is 1.32. The van der Waals surface area contributed by atoms with Crippen LogP contribution in [0.1, 0.15) is 30.6 Å². The van der Waals surface area contributed by atoms with Crippen LogP contribution in [-0.2, 0) is 4.74 Å². The van der Waals surface area contributed by atoms with E-state index in [2.05, 4.69) is 25.4 Å². The van der Waals surface area contributed by atoms with E-state index in [1.54, 1.807) is 18.9 Å². The van der Waals surface area contributed by atoms with Gasteiger partial charge in [0.05, 0.1) is 24.9 Å². The van der Waals surface area contributed by atoms with Gasteiger partial charge < -0.3 is 19.5 Å². The SMILES string of the molecule is O=C(NC[C@H](c1ccccn1)N1CCOCC1)N1CCC(n2cnnc2)CC1. The van der Waals surface area contributed by atoms with Crippen molar-refractivity contribution >= 4 is 6.03 Å². The van der Waals surface area contributed by atoms with E-state index < -0.39 is 0 Å². The van der Waals surface area contributed by atoms with Gasteiger partial charge in [-0.25, -0.2) is 4.79 Å². The van der Waals surface area contributed by atoms with E-state index >= 15 is 0 Å². The van der Waals surface area contributed by atoms with Gasteiger partial charge in [0, 0.05) is 45.0 Å². The minimum absolute atomic E-state index is 0.00334. The molecule has 4 heterocycles. The van der Waals surface area contributed by atoms with Crippen LogP contribution in [0.3, 0.4) is 0 Å². The number of hydrogen-bond donors (Lipinski definition) is 1. The van der Waals surface area contributed by atoms with Crippen LogP contribution in [0.25, 0.3) is 0 Å². The number of amides is 2. The molecule has 9 nitrogen and oxygen atoms in total. The summed E-state index contributed by atoms with van der Waals surface area (Å²) in [6, 6.07) is 6.36. The van der Waals surface area contributed by atoms with E-state index in [1.165, 1.54) is 0 Å². The van der Waals surface area contributed by atoms with Crippen molar-refractivity contribution < 1.29 is 9.53 Å². The summed E-state index contributed by atoms with van der Waals surface area (Å²) in [7, 11) is 0. The highest BCUT2D eigenvalue weighted by molar-refractivity contribution is 5.74. The molecule has 9 heteroatoms. The molecule has 0 bridgehead atoms. The molecular weight excluding hydrogens is 358 g/mol. The topological polar surface area (TPSA) is 88.4 Å².